The summed E-state index contributed by atoms with van der Waals surface area (Å²) in [7, 11) is 0. The Morgan fingerprint density at radius 2 is 1.79 bits per heavy atom. The Morgan fingerprint density at radius 3 is 2.48 bits per heavy atom. The van der Waals surface area contributed by atoms with Crippen molar-refractivity contribution >= 4 is 29.1 Å². The summed E-state index contributed by atoms with van der Waals surface area (Å²) >= 11 is 1.35. The lowest BCUT2D eigenvalue weighted by Crippen LogP contribution is -2.24. The van der Waals surface area contributed by atoms with E-state index in [1.165, 1.54) is 18.7 Å². The van der Waals surface area contributed by atoms with Crippen molar-refractivity contribution in [3.05, 3.63) is 59.7 Å². The van der Waals surface area contributed by atoms with Crippen LogP contribution in [0.2, 0.25) is 0 Å². The summed E-state index contributed by atoms with van der Waals surface area (Å²) in [5.74, 6) is 0.518. The molecule has 0 spiro atoms. The molecular formula is C22H24N4O2S. The van der Waals surface area contributed by atoms with Crippen LogP contribution in [0.15, 0.2) is 53.7 Å². The number of ketones is 1. The Bertz CT molecular complexity index is 1040. The van der Waals surface area contributed by atoms with Gasteiger partial charge in [0.05, 0.1) is 10.9 Å². The van der Waals surface area contributed by atoms with Gasteiger partial charge < -0.3 is 9.88 Å². The third-order valence-electron chi connectivity index (χ3n) is 4.63. The molecular weight excluding hydrogens is 384 g/mol. The maximum absolute atomic E-state index is 12.7. The van der Waals surface area contributed by atoms with Gasteiger partial charge in [-0.05, 0) is 45.4 Å². The zero-order valence-corrected chi connectivity index (χ0v) is 17.8. The Labute approximate surface area is 174 Å². The molecule has 1 aromatic heterocycles. The molecule has 7 heteroatoms. The number of aromatic nitrogens is 3. The predicted octanol–water partition coefficient (Wildman–Crippen LogP) is 4.60. The fourth-order valence-electron chi connectivity index (χ4n) is 3.03. The van der Waals surface area contributed by atoms with E-state index >= 15 is 0 Å². The van der Waals surface area contributed by atoms with Gasteiger partial charge in [-0.25, -0.2) is 0 Å². The van der Waals surface area contributed by atoms with Crippen molar-refractivity contribution in [2.75, 3.05) is 5.32 Å². The molecule has 1 amide bonds. The van der Waals surface area contributed by atoms with E-state index in [0.717, 1.165) is 17.0 Å². The molecule has 1 N–H and O–H groups in total. The van der Waals surface area contributed by atoms with Gasteiger partial charge in [-0.1, -0.05) is 48.2 Å². The first-order chi connectivity index (χ1) is 13.9. The minimum Gasteiger partial charge on any atom is -0.324 e. The van der Waals surface area contributed by atoms with Crippen molar-refractivity contribution < 1.29 is 9.59 Å². The average Bonchev–Trinajstić information content (AvgIpc) is 3.10. The zero-order valence-electron chi connectivity index (χ0n) is 17.0. The predicted molar refractivity (Wildman–Crippen MR) is 116 cm³/mol. The monoisotopic (exact) mass is 408 g/mol. The second-order valence-corrected chi connectivity index (χ2v) is 8.02. The number of thioether (sulfide) groups is 1. The minimum atomic E-state index is -0.408. The fourth-order valence-corrected chi connectivity index (χ4v) is 3.94. The smallest absolute Gasteiger partial charge is 0.237 e. The number of benzene rings is 2. The summed E-state index contributed by atoms with van der Waals surface area (Å²) in [5.41, 5.74) is 3.17. The van der Waals surface area contributed by atoms with Crippen LogP contribution in [0.25, 0.3) is 11.4 Å². The second-order valence-electron chi connectivity index (χ2n) is 6.72. The van der Waals surface area contributed by atoms with E-state index in [2.05, 4.69) is 15.5 Å². The summed E-state index contributed by atoms with van der Waals surface area (Å²) in [6, 6.07) is 15.0. The van der Waals surface area contributed by atoms with Crippen LogP contribution in [0.4, 0.5) is 5.69 Å². The molecule has 0 aliphatic heterocycles. The number of anilines is 1. The lowest BCUT2D eigenvalue weighted by Gasteiger charge is -2.14. The number of carbonyl (C=O) groups is 2. The number of aryl methyl sites for hydroxylation is 1. The van der Waals surface area contributed by atoms with E-state index in [9.17, 15) is 9.59 Å². The number of nitrogens with zero attached hydrogens (tertiary/aromatic N) is 3. The average molecular weight is 409 g/mol. The third kappa shape index (κ3) is 4.56. The highest BCUT2D eigenvalue weighted by Gasteiger charge is 2.21. The van der Waals surface area contributed by atoms with Gasteiger partial charge in [0.25, 0.3) is 0 Å². The van der Waals surface area contributed by atoms with Crippen LogP contribution < -0.4 is 5.32 Å². The maximum atomic E-state index is 12.7. The number of amides is 1. The van der Waals surface area contributed by atoms with Crippen molar-refractivity contribution in [3.8, 4) is 11.4 Å². The summed E-state index contributed by atoms with van der Waals surface area (Å²) < 4.78 is 2.01. The van der Waals surface area contributed by atoms with Crippen LogP contribution >= 0.6 is 11.8 Å². The number of carbonyl (C=O) groups excluding carboxylic acids is 2. The Hall–Kier alpha value is -2.93. The van der Waals surface area contributed by atoms with Crippen molar-refractivity contribution in [1.29, 1.82) is 0 Å². The van der Waals surface area contributed by atoms with Crippen LogP contribution in [0, 0.1) is 6.92 Å². The van der Waals surface area contributed by atoms with Gasteiger partial charge in [0.15, 0.2) is 16.8 Å². The van der Waals surface area contributed by atoms with Crippen molar-refractivity contribution in [1.82, 2.24) is 14.8 Å². The molecule has 0 bridgehead atoms. The van der Waals surface area contributed by atoms with Crippen LogP contribution in [0.1, 0.15) is 36.7 Å². The SMILES string of the molecule is CCn1c(S[C@@H](C)C(=O)Nc2ccccc2C(C)=O)nnc1-c1ccccc1C. The van der Waals surface area contributed by atoms with Gasteiger partial charge in [0.1, 0.15) is 0 Å². The normalized spacial score (nSPS) is 11.9. The van der Waals surface area contributed by atoms with Crippen LogP contribution in [-0.2, 0) is 11.3 Å². The molecule has 0 radical (unpaired) electrons. The Kier molecular flexibility index (Phi) is 6.49. The van der Waals surface area contributed by atoms with Crippen molar-refractivity contribution in [2.24, 2.45) is 0 Å². The molecule has 0 fully saturated rings. The molecule has 3 rings (SSSR count). The molecule has 0 aliphatic carbocycles. The van der Waals surface area contributed by atoms with E-state index in [-0.39, 0.29) is 11.7 Å². The van der Waals surface area contributed by atoms with E-state index in [0.29, 0.717) is 23.0 Å². The summed E-state index contributed by atoms with van der Waals surface area (Å²) in [6.45, 7) is 8.07. The number of Topliss-reactive ketones (excluding diaryl/α,β-unsaturated/α-hetero) is 1. The summed E-state index contributed by atoms with van der Waals surface area (Å²) in [4.78, 5) is 24.5. The van der Waals surface area contributed by atoms with Gasteiger partial charge in [0, 0.05) is 17.7 Å². The van der Waals surface area contributed by atoms with E-state index in [4.69, 9.17) is 0 Å². The molecule has 2 aromatic carbocycles. The summed E-state index contributed by atoms with van der Waals surface area (Å²) in [5, 5.41) is 11.8. The zero-order chi connectivity index (χ0) is 21.0. The molecule has 1 heterocycles. The molecule has 150 valence electrons. The maximum Gasteiger partial charge on any atom is 0.237 e. The highest BCUT2D eigenvalue weighted by molar-refractivity contribution is 8.00. The van der Waals surface area contributed by atoms with Crippen LogP contribution in [0.5, 0.6) is 0 Å². The second kappa shape index (κ2) is 9.05. The van der Waals surface area contributed by atoms with Gasteiger partial charge in [-0.15, -0.1) is 10.2 Å². The summed E-state index contributed by atoms with van der Waals surface area (Å²) in [6.07, 6.45) is 0. The largest absolute Gasteiger partial charge is 0.324 e. The number of para-hydroxylation sites is 1. The Balaban J connectivity index is 1.79. The van der Waals surface area contributed by atoms with E-state index in [1.54, 1.807) is 24.3 Å². The molecule has 0 saturated heterocycles. The van der Waals surface area contributed by atoms with E-state index in [1.807, 2.05) is 49.6 Å². The van der Waals surface area contributed by atoms with Crippen molar-refractivity contribution in [3.63, 3.8) is 0 Å². The van der Waals surface area contributed by atoms with Crippen LogP contribution in [0.3, 0.4) is 0 Å². The topological polar surface area (TPSA) is 76.9 Å². The minimum absolute atomic E-state index is 0.0881. The lowest BCUT2D eigenvalue weighted by atomic mass is 10.1. The van der Waals surface area contributed by atoms with Gasteiger partial charge in [-0.2, -0.15) is 0 Å². The molecule has 0 unspecified atom stereocenters. The number of nitrogens with one attached hydrogen (secondary N) is 1. The van der Waals surface area contributed by atoms with E-state index < -0.39 is 5.25 Å². The van der Waals surface area contributed by atoms with Gasteiger partial charge in [-0.3, -0.25) is 9.59 Å². The van der Waals surface area contributed by atoms with Gasteiger partial charge >= 0.3 is 0 Å². The molecule has 6 nitrogen and oxygen atoms in total. The third-order valence-corrected chi connectivity index (χ3v) is 5.72. The van der Waals surface area contributed by atoms with Gasteiger partial charge in [0.2, 0.25) is 5.91 Å². The number of rotatable bonds is 7. The molecule has 1 atom stereocenters. The van der Waals surface area contributed by atoms with Crippen LogP contribution in [-0.4, -0.2) is 31.7 Å². The number of hydrogen-bond acceptors (Lipinski definition) is 5. The molecule has 3 aromatic rings. The quantitative estimate of drug-likeness (QED) is 0.457. The fraction of sp³-hybridized carbons (Fsp3) is 0.273. The lowest BCUT2D eigenvalue weighted by molar-refractivity contribution is -0.115. The highest BCUT2D eigenvalue weighted by Crippen LogP contribution is 2.29. The standard InChI is InChI=1S/C22H24N4O2S/c1-5-26-20(17-11-7-6-10-14(17)2)24-25-22(26)29-16(4)21(28)23-19-13-9-8-12-18(19)15(3)27/h6-13,16H,5H2,1-4H3,(H,23,28)/t16-/m0/s1. The molecule has 0 saturated carbocycles. The first kappa shape index (κ1) is 20.8. The first-order valence-electron chi connectivity index (χ1n) is 9.49. The number of hydrogen-bond donors (Lipinski definition) is 1. The highest BCUT2D eigenvalue weighted by atomic mass is 32.2. The van der Waals surface area contributed by atoms with Crippen molar-refractivity contribution in [2.45, 2.75) is 44.6 Å². The first-order valence-corrected chi connectivity index (χ1v) is 10.4. The Morgan fingerprint density at radius 1 is 1.10 bits per heavy atom. The molecule has 29 heavy (non-hydrogen) atoms. The molecule has 0 aliphatic rings.